The molecule has 0 amide bonds. The van der Waals surface area contributed by atoms with Crippen molar-refractivity contribution in [1.29, 1.82) is 5.26 Å². The van der Waals surface area contributed by atoms with Crippen molar-refractivity contribution in [3.8, 4) is 6.07 Å². The first-order chi connectivity index (χ1) is 9.17. The van der Waals surface area contributed by atoms with Gasteiger partial charge < -0.3 is 10.3 Å². The van der Waals surface area contributed by atoms with Crippen LogP contribution in [0.25, 0.3) is 11.0 Å². The summed E-state index contributed by atoms with van der Waals surface area (Å²) in [6.45, 7) is 1.93. The SMILES string of the molecule is CNC(C)(C#N)CCCSc1nc2ccccc2[nH]1. The summed E-state index contributed by atoms with van der Waals surface area (Å²) in [6.07, 6.45) is 1.82. The van der Waals surface area contributed by atoms with Crippen LogP contribution in [0.4, 0.5) is 0 Å². The van der Waals surface area contributed by atoms with E-state index < -0.39 is 5.54 Å². The topological polar surface area (TPSA) is 64.5 Å². The van der Waals surface area contributed by atoms with E-state index in [1.54, 1.807) is 11.8 Å². The van der Waals surface area contributed by atoms with Gasteiger partial charge in [0, 0.05) is 5.75 Å². The van der Waals surface area contributed by atoms with Crippen LogP contribution in [0.3, 0.4) is 0 Å². The molecule has 2 rings (SSSR count). The molecule has 1 aromatic heterocycles. The third-order valence-electron chi connectivity index (χ3n) is 3.23. The van der Waals surface area contributed by atoms with Gasteiger partial charge in [0.25, 0.3) is 0 Å². The Morgan fingerprint density at radius 3 is 2.95 bits per heavy atom. The molecule has 100 valence electrons. The van der Waals surface area contributed by atoms with Crippen LogP contribution in [-0.4, -0.2) is 28.3 Å². The predicted molar refractivity (Wildman–Crippen MR) is 79.1 cm³/mol. The van der Waals surface area contributed by atoms with Gasteiger partial charge in [-0.15, -0.1) is 0 Å². The first kappa shape index (κ1) is 13.9. The van der Waals surface area contributed by atoms with E-state index in [-0.39, 0.29) is 0 Å². The minimum Gasteiger partial charge on any atom is -0.333 e. The van der Waals surface area contributed by atoms with Crippen LogP contribution < -0.4 is 5.32 Å². The molecule has 0 aliphatic heterocycles. The van der Waals surface area contributed by atoms with Crippen LogP contribution in [0.5, 0.6) is 0 Å². The Hall–Kier alpha value is -1.51. The van der Waals surface area contributed by atoms with Crippen molar-refractivity contribution in [2.75, 3.05) is 12.8 Å². The molecule has 0 bridgehead atoms. The number of thioether (sulfide) groups is 1. The Morgan fingerprint density at radius 1 is 1.47 bits per heavy atom. The molecule has 0 saturated heterocycles. The number of benzene rings is 1. The molecule has 0 aliphatic rings. The molecule has 1 heterocycles. The van der Waals surface area contributed by atoms with E-state index in [0.29, 0.717) is 0 Å². The average molecular weight is 274 g/mol. The van der Waals surface area contributed by atoms with Gasteiger partial charge in [-0.25, -0.2) is 4.98 Å². The fourth-order valence-electron chi connectivity index (χ4n) is 1.83. The fourth-order valence-corrected chi connectivity index (χ4v) is 2.66. The molecule has 1 unspecified atom stereocenters. The molecular formula is C14H18N4S. The highest BCUT2D eigenvalue weighted by Crippen LogP contribution is 2.21. The van der Waals surface area contributed by atoms with Gasteiger partial charge in [0.05, 0.1) is 17.1 Å². The van der Waals surface area contributed by atoms with Gasteiger partial charge in [0.1, 0.15) is 5.54 Å². The van der Waals surface area contributed by atoms with Crippen molar-refractivity contribution in [3.05, 3.63) is 24.3 Å². The van der Waals surface area contributed by atoms with Gasteiger partial charge in [-0.1, -0.05) is 23.9 Å². The van der Waals surface area contributed by atoms with Crippen molar-refractivity contribution < 1.29 is 0 Å². The van der Waals surface area contributed by atoms with Crippen LogP contribution in [0, 0.1) is 11.3 Å². The number of fused-ring (bicyclic) bond motifs is 1. The summed E-state index contributed by atoms with van der Waals surface area (Å²) >= 11 is 1.70. The number of nitriles is 1. The summed E-state index contributed by atoms with van der Waals surface area (Å²) in [7, 11) is 1.83. The molecule has 0 spiro atoms. The molecule has 1 aromatic carbocycles. The maximum absolute atomic E-state index is 9.06. The van der Waals surface area contributed by atoms with Crippen molar-refractivity contribution >= 4 is 22.8 Å². The number of rotatable bonds is 6. The highest BCUT2D eigenvalue weighted by molar-refractivity contribution is 7.99. The number of nitrogens with one attached hydrogen (secondary N) is 2. The quantitative estimate of drug-likeness (QED) is 0.628. The molecule has 1 atom stereocenters. The largest absolute Gasteiger partial charge is 0.333 e. The summed E-state index contributed by atoms with van der Waals surface area (Å²) in [6, 6.07) is 10.3. The van der Waals surface area contributed by atoms with Gasteiger partial charge >= 0.3 is 0 Å². The zero-order valence-electron chi connectivity index (χ0n) is 11.2. The number of hydrogen-bond donors (Lipinski definition) is 2. The lowest BCUT2D eigenvalue weighted by Crippen LogP contribution is -2.37. The number of para-hydroxylation sites is 2. The lowest BCUT2D eigenvalue weighted by Gasteiger charge is -2.19. The van der Waals surface area contributed by atoms with Crippen LogP contribution >= 0.6 is 11.8 Å². The summed E-state index contributed by atoms with van der Waals surface area (Å²) in [5.74, 6) is 0.957. The first-order valence-corrected chi connectivity index (χ1v) is 7.33. The second-order valence-electron chi connectivity index (χ2n) is 4.71. The molecule has 4 nitrogen and oxygen atoms in total. The monoisotopic (exact) mass is 274 g/mol. The van der Waals surface area contributed by atoms with E-state index in [0.717, 1.165) is 34.8 Å². The maximum atomic E-state index is 9.06. The Morgan fingerprint density at radius 2 is 2.26 bits per heavy atom. The summed E-state index contributed by atoms with van der Waals surface area (Å²) in [5.41, 5.74) is 1.65. The summed E-state index contributed by atoms with van der Waals surface area (Å²) < 4.78 is 0. The van der Waals surface area contributed by atoms with Crippen LogP contribution in [0.2, 0.25) is 0 Å². The predicted octanol–water partition coefficient (Wildman–Crippen LogP) is 2.94. The molecule has 0 fully saturated rings. The minimum atomic E-state index is -0.422. The van der Waals surface area contributed by atoms with Gasteiger partial charge in [0.2, 0.25) is 0 Å². The van der Waals surface area contributed by atoms with E-state index in [2.05, 4.69) is 21.4 Å². The standard InChI is InChI=1S/C14H18N4S/c1-14(10-15,16-2)8-5-9-19-13-17-11-6-3-4-7-12(11)18-13/h3-4,6-7,16H,5,8-9H2,1-2H3,(H,17,18). The Balaban J connectivity index is 1.85. The van der Waals surface area contributed by atoms with Crippen LogP contribution in [0.1, 0.15) is 19.8 Å². The minimum absolute atomic E-state index is 0.422. The lowest BCUT2D eigenvalue weighted by atomic mass is 9.99. The molecule has 0 aliphatic carbocycles. The fraction of sp³-hybridized carbons (Fsp3) is 0.429. The average Bonchev–Trinajstić information content (AvgIpc) is 2.86. The Labute approximate surface area is 117 Å². The third-order valence-corrected chi connectivity index (χ3v) is 4.19. The molecule has 0 saturated carbocycles. The lowest BCUT2D eigenvalue weighted by molar-refractivity contribution is 0.451. The van der Waals surface area contributed by atoms with E-state index in [1.165, 1.54) is 0 Å². The van der Waals surface area contributed by atoms with Crippen LogP contribution in [0.15, 0.2) is 29.4 Å². The summed E-state index contributed by atoms with van der Waals surface area (Å²) in [4.78, 5) is 7.81. The number of aromatic amines is 1. The van der Waals surface area contributed by atoms with Gasteiger partial charge in [0.15, 0.2) is 5.16 Å². The van der Waals surface area contributed by atoms with Gasteiger partial charge in [-0.3, -0.25) is 0 Å². The zero-order chi connectivity index (χ0) is 13.7. The number of hydrogen-bond acceptors (Lipinski definition) is 4. The van der Waals surface area contributed by atoms with Crippen molar-refractivity contribution in [2.45, 2.75) is 30.5 Å². The number of aromatic nitrogens is 2. The number of nitrogens with zero attached hydrogens (tertiary/aromatic N) is 2. The Kier molecular flexibility index (Phi) is 4.46. The second-order valence-corrected chi connectivity index (χ2v) is 5.79. The molecule has 2 N–H and O–H groups in total. The molecule has 19 heavy (non-hydrogen) atoms. The normalized spacial score (nSPS) is 14.2. The third kappa shape index (κ3) is 3.49. The van der Waals surface area contributed by atoms with E-state index >= 15 is 0 Å². The number of H-pyrrole nitrogens is 1. The van der Waals surface area contributed by atoms with E-state index in [9.17, 15) is 0 Å². The highest BCUT2D eigenvalue weighted by Gasteiger charge is 2.20. The van der Waals surface area contributed by atoms with Crippen molar-refractivity contribution in [2.24, 2.45) is 0 Å². The summed E-state index contributed by atoms with van der Waals surface area (Å²) in [5, 5.41) is 13.1. The first-order valence-electron chi connectivity index (χ1n) is 6.34. The molecule has 5 heteroatoms. The van der Waals surface area contributed by atoms with Gasteiger partial charge in [-0.2, -0.15) is 5.26 Å². The van der Waals surface area contributed by atoms with Crippen molar-refractivity contribution in [3.63, 3.8) is 0 Å². The van der Waals surface area contributed by atoms with Crippen molar-refractivity contribution in [1.82, 2.24) is 15.3 Å². The smallest absolute Gasteiger partial charge is 0.166 e. The Bertz CT molecular complexity index is 553. The van der Waals surface area contributed by atoms with Crippen LogP contribution in [-0.2, 0) is 0 Å². The zero-order valence-corrected chi connectivity index (χ0v) is 12.0. The molecular weight excluding hydrogens is 256 g/mol. The second kappa shape index (κ2) is 6.09. The van der Waals surface area contributed by atoms with E-state index in [1.807, 2.05) is 38.2 Å². The number of imidazole rings is 1. The van der Waals surface area contributed by atoms with E-state index in [4.69, 9.17) is 5.26 Å². The molecule has 0 radical (unpaired) electrons. The highest BCUT2D eigenvalue weighted by atomic mass is 32.2. The maximum Gasteiger partial charge on any atom is 0.166 e. The van der Waals surface area contributed by atoms with Gasteiger partial charge in [-0.05, 0) is 38.9 Å². The molecule has 2 aromatic rings.